The number of hydrogen-bond acceptors (Lipinski definition) is 5. The van der Waals surface area contributed by atoms with Gasteiger partial charge < -0.3 is 20.8 Å². The average molecular weight is 484 g/mol. The molecule has 1 aliphatic carbocycles. The highest BCUT2D eigenvalue weighted by atomic mass is 16.4. The number of carboxylic acid groups (broad SMARTS) is 1. The number of nitrogens with two attached hydrogens (primary N) is 1. The van der Waals surface area contributed by atoms with Crippen LogP contribution in [0.3, 0.4) is 0 Å². The van der Waals surface area contributed by atoms with Gasteiger partial charge in [0, 0.05) is 37.2 Å². The van der Waals surface area contributed by atoms with Crippen molar-refractivity contribution in [3.63, 3.8) is 0 Å². The first-order valence-corrected chi connectivity index (χ1v) is 12.2. The van der Waals surface area contributed by atoms with E-state index in [2.05, 4.69) is 17.1 Å². The predicted molar refractivity (Wildman–Crippen MR) is 137 cm³/mol. The number of fused-ring (bicyclic) bond motifs is 1. The number of likely N-dealkylation sites (tertiary alicyclic amines) is 1. The average Bonchev–Trinajstić information content (AvgIpc) is 3.37. The summed E-state index contributed by atoms with van der Waals surface area (Å²) in [7, 11) is 0. The first-order chi connectivity index (χ1) is 17.4. The number of nitrogens with zero attached hydrogens (tertiary/aromatic N) is 2. The molecular formula is C29H29N3O4. The van der Waals surface area contributed by atoms with Gasteiger partial charge in [0.15, 0.2) is 0 Å². The summed E-state index contributed by atoms with van der Waals surface area (Å²) < 4.78 is 0. The summed E-state index contributed by atoms with van der Waals surface area (Å²) in [6, 6.07) is 16.6. The maximum Gasteiger partial charge on any atom is 0.345 e. The number of amides is 1. The second-order valence-corrected chi connectivity index (χ2v) is 9.42. The zero-order valence-corrected chi connectivity index (χ0v) is 19.9. The molecule has 1 fully saturated rings. The van der Waals surface area contributed by atoms with Crippen LogP contribution in [-0.4, -0.2) is 45.8 Å². The molecule has 3 aliphatic rings. The largest absolute Gasteiger partial charge is 0.479 e. The van der Waals surface area contributed by atoms with Crippen molar-refractivity contribution in [2.75, 3.05) is 13.1 Å². The summed E-state index contributed by atoms with van der Waals surface area (Å²) in [6.45, 7) is 1.74. The van der Waals surface area contributed by atoms with Gasteiger partial charge in [-0.25, -0.2) is 9.79 Å². The first-order valence-electron chi connectivity index (χ1n) is 12.2. The fourth-order valence-corrected chi connectivity index (χ4v) is 5.28. The molecule has 1 amide bonds. The Morgan fingerprint density at radius 1 is 1.08 bits per heavy atom. The number of hydrogen-bond donors (Lipinski definition) is 3. The summed E-state index contributed by atoms with van der Waals surface area (Å²) in [5.41, 5.74) is 7.75. The molecule has 184 valence electrons. The molecule has 0 spiro atoms. The minimum Gasteiger partial charge on any atom is -0.479 e. The second kappa shape index (κ2) is 9.68. The molecule has 7 nitrogen and oxygen atoms in total. The molecule has 2 heterocycles. The minimum absolute atomic E-state index is 0.170. The molecule has 2 aromatic carbocycles. The molecule has 7 heteroatoms. The van der Waals surface area contributed by atoms with Crippen molar-refractivity contribution in [3.05, 3.63) is 106 Å². The van der Waals surface area contributed by atoms with Gasteiger partial charge in [0.1, 0.15) is 5.70 Å². The molecule has 1 atom stereocenters. The Morgan fingerprint density at radius 2 is 1.83 bits per heavy atom. The zero-order valence-electron chi connectivity index (χ0n) is 19.9. The number of piperidine rings is 1. The van der Waals surface area contributed by atoms with Crippen molar-refractivity contribution in [2.24, 2.45) is 10.7 Å². The summed E-state index contributed by atoms with van der Waals surface area (Å²) in [6.07, 6.45) is 7.20. The van der Waals surface area contributed by atoms with Gasteiger partial charge in [-0.15, -0.1) is 0 Å². The van der Waals surface area contributed by atoms with Gasteiger partial charge in [-0.05, 0) is 41.5 Å². The molecule has 0 saturated carbocycles. The van der Waals surface area contributed by atoms with Gasteiger partial charge >= 0.3 is 5.97 Å². The summed E-state index contributed by atoms with van der Waals surface area (Å²) >= 11 is 0. The molecule has 0 radical (unpaired) electrons. The first kappa shape index (κ1) is 23.9. The number of aliphatic imine (C=N–C) groups is 1. The van der Waals surface area contributed by atoms with Crippen molar-refractivity contribution in [2.45, 2.75) is 37.3 Å². The molecule has 2 aromatic rings. The standard InChI is InChI=1S/C29H29N3O4/c30-18-19-6-4-7-21(16-19)20-12-14-32(15-13-20)27(33)26-17-23-24(10-5-11-25(23)31-26)29(36,28(34)35)22-8-2-1-3-9-22/h1-10,16-17,20,36H,11-15,18,30H2,(H,34,35)/t29-/m1/s1. The Hall–Kier alpha value is -3.81. The van der Waals surface area contributed by atoms with Gasteiger partial charge in [0.2, 0.25) is 5.60 Å². The van der Waals surface area contributed by atoms with Gasteiger partial charge in [-0.1, -0.05) is 66.7 Å². The summed E-state index contributed by atoms with van der Waals surface area (Å²) in [5.74, 6) is -1.17. The van der Waals surface area contributed by atoms with E-state index >= 15 is 0 Å². The molecule has 36 heavy (non-hydrogen) atoms. The van der Waals surface area contributed by atoms with Crippen LogP contribution in [0.15, 0.2) is 94.7 Å². The van der Waals surface area contributed by atoms with E-state index in [1.54, 1.807) is 48.6 Å². The number of carboxylic acids is 1. The third-order valence-electron chi connectivity index (χ3n) is 7.28. The van der Waals surface area contributed by atoms with Crippen LogP contribution in [0.2, 0.25) is 0 Å². The quantitative estimate of drug-likeness (QED) is 0.582. The SMILES string of the molecule is NCc1cccc(C2CCN(C(=O)C3=CC4=C([C@@](O)(C(=O)O)c5ccccc5)C=CCC4=N3)CC2)c1. The number of aliphatic hydroxyl groups is 1. The van der Waals surface area contributed by atoms with E-state index in [4.69, 9.17) is 5.73 Å². The van der Waals surface area contributed by atoms with Gasteiger partial charge in [0.25, 0.3) is 5.91 Å². The minimum atomic E-state index is -2.25. The molecule has 0 unspecified atom stereocenters. The normalized spacial score (nSPS) is 19.4. The molecule has 1 saturated heterocycles. The van der Waals surface area contributed by atoms with Crippen LogP contribution in [-0.2, 0) is 21.7 Å². The van der Waals surface area contributed by atoms with E-state index in [-0.39, 0.29) is 22.7 Å². The number of allylic oxidation sites excluding steroid dienone is 3. The van der Waals surface area contributed by atoms with Gasteiger partial charge in [0.05, 0.1) is 5.71 Å². The lowest BCUT2D eigenvalue weighted by molar-refractivity contribution is -0.155. The highest BCUT2D eigenvalue weighted by Gasteiger charge is 2.44. The molecule has 0 aromatic heterocycles. The van der Waals surface area contributed by atoms with Crippen LogP contribution in [0.1, 0.15) is 41.9 Å². The lowest BCUT2D eigenvalue weighted by atomic mass is 9.80. The van der Waals surface area contributed by atoms with Crippen LogP contribution in [0.5, 0.6) is 0 Å². The maximum atomic E-state index is 13.4. The van der Waals surface area contributed by atoms with Gasteiger partial charge in [-0.2, -0.15) is 0 Å². The van der Waals surface area contributed by atoms with Crippen molar-refractivity contribution in [1.29, 1.82) is 0 Å². The van der Waals surface area contributed by atoms with Crippen LogP contribution < -0.4 is 5.73 Å². The molecule has 0 bridgehead atoms. The number of carbonyl (C=O) groups excluding carboxylic acids is 1. The number of aliphatic carboxylic acids is 1. The van der Waals surface area contributed by atoms with Crippen molar-refractivity contribution >= 4 is 17.6 Å². The van der Waals surface area contributed by atoms with E-state index in [0.29, 0.717) is 43.3 Å². The Balaban J connectivity index is 1.38. The number of benzene rings is 2. The van der Waals surface area contributed by atoms with E-state index in [0.717, 1.165) is 18.4 Å². The van der Waals surface area contributed by atoms with E-state index in [1.807, 2.05) is 17.0 Å². The van der Waals surface area contributed by atoms with Crippen LogP contribution in [0.4, 0.5) is 0 Å². The Bertz CT molecular complexity index is 1320. The van der Waals surface area contributed by atoms with Gasteiger partial charge in [-0.3, -0.25) is 4.79 Å². The van der Waals surface area contributed by atoms with Crippen molar-refractivity contribution in [3.8, 4) is 0 Å². The lowest BCUT2D eigenvalue weighted by Crippen LogP contribution is -2.39. The number of carbonyl (C=O) groups is 2. The lowest BCUT2D eigenvalue weighted by Gasteiger charge is -2.32. The van der Waals surface area contributed by atoms with Crippen LogP contribution in [0.25, 0.3) is 0 Å². The van der Waals surface area contributed by atoms with E-state index in [9.17, 15) is 19.8 Å². The smallest absolute Gasteiger partial charge is 0.345 e. The molecule has 5 rings (SSSR count). The van der Waals surface area contributed by atoms with E-state index in [1.165, 1.54) is 5.56 Å². The third-order valence-corrected chi connectivity index (χ3v) is 7.28. The fourth-order valence-electron chi connectivity index (χ4n) is 5.28. The number of rotatable bonds is 6. The Morgan fingerprint density at radius 3 is 2.53 bits per heavy atom. The van der Waals surface area contributed by atoms with Crippen molar-refractivity contribution in [1.82, 2.24) is 4.90 Å². The summed E-state index contributed by atoms with van der Waals surface area (Å²) in [5, 5.41) is 21.4. The Labute approximate surface area is 210 Å². The zero-order chi connectivity index (χ0) is 25.3. The molecular weight excluding hydrogens is 454 g/mol. The molecule has 2 aliphatic heterocycles. The van der Waals surface area contributed by atoms with Crippen LogP contribution >= 0.6 is 0 Å². The van der Waals surface area contributed by atoms with Crippen LogP contribution in [0, 0.1) is 0 Å². The third kappa shape index (κ3) is 4.21. The molecule has 4 N–H and O–H groups in total. The Kier molecular flexibility index (Phi) is 6.43. The maximum absolute atomic E-state index is 13.4. The van der Waals surface area contributed by atoms with E-state index < -0.39 is 11.6 Å². The second-order valence-electron chi connectivity index (χ2n) is 9.42. The summed E-state index contributed by atoms with van der Waals surface area (Å²) in [4.78, 5) is 32.0. The topological polar surface area (TPSA) is 116 Å². The fraction of sp³-hybridized carbons (Fsp3) is 0.276. The highest BCUT2D eigenvalue weighted by molar-refractivity contribution is 6.14. The predicted octanol–water partition coefficient (Wildman–Crippen LogP) is 3.42. The highest BCUT2D eigenvalue weighted by Crippen LogP contribution is 2.39. The monoisotopic (exact) mass is 483 g/mol. The van der Waals surface area contributed by atoms with Crippen molar-refractivity contribution < 1.29 is 19.8 Å².